The lowest BCUT2D eigenvalue weighted by molar-refractivity contribution is 0.291. The van der Waals surface area contributed by atoms with Crippen molar-refractivity contribution in [1.29, 1.82) is 0 Å². The number of pyridine rings is 6. The summed E-state index contributed by atoms with van der Waals surface area (Å²) in [5.74, 6) is 4.51. The minimum absolute atomic E-state index is 0.325. The van der Waals surface area contributed by atoms with Crippen molar-refractivity contribution in [2.45, 2.75) is 65.2 Å². The normalized spacial score (nSPS) is 12.3. The van der Waals surface area contributed by atoms with Gasteiger partial charge in [0.25, 0.3) is 0 Å². The summed E-state index contributed by atoms with van der Waals surface area (Å²) in [6, 6.07) is 37.9. The van der Waals surface area contributed by atoms with Gasteiger partial charge in [-0.05, 0) is 129 Å². The molecule has 0 spiro atoms. The van der Waals surface area contributed by atoms with Crippen LogP contribution in [0.4, 0.5) is 4.39 Å². The number of hydrogen-bond donors (Lipinski definition) is 0. The van der Waals surface area contributed by atoms with E-state index in [-0.39, 0.29) is 5.82 Å². The van der Waals surface area contributed by atoms with Crippen molar-refractivity contribution in [2.24, 2.45) is 21.1 Å². The second-order valence-electron chi connectivity index (χ2n) is 20.8. The first kappa shape index (κ1) is 52.0. The third kappa shape index (κ3) is 10.0. The molecule has 82 heavy (non-hydrogen) atoms. The molecule has 0 atom stereocenters. The van der Waals surface area contributed by atoms with Crippen LogP contribution in [0, 0.1) is 19.7 Å². The highest BCUT2D eigenvalue weighted by atomic mass is 35.5. The van der Waals surface area contributed by atoms with E-state index in [4.69, 9.17) is 36.3 Å². The van der Waals surface area contributed by atoms with Crippen LogP contribution in [0.2, 0.25) is 5.02 Å². The van der Waals surface area contributed by atoms with Gasteiger partial charge < -0.3 is 18.4 Å². The summed E-state index contributed by atoms with van der Waals surface area (Å²) in [6.45, 7) is 4.73. The highest BCUT2D eigenvalue weighted by molar-refractivity contribution is 6.34. The topological polar surface area (TPSA) is 166 Å². The van der Waals surface area contributed by atoms with E-state index in [0.717, 1.165) is 175 Å². The Labute approximate surface area is 476 Å². The number of nitrogens with zero attached hydrogens (tertiary/aromatic N) is 14. The minimum Gasteiger partial charge on any atom is -0.491 e. The number of imidazole rings is 3. The van der Waals surface area contributed by atoms with Crippen LogP contribution in [-0.2, 0) is 66.1 Å². The molecule has 11 heterocycles. The molecule has 10 aromatic heterocycles. The number of rotatable bonds is 9. The first-order valence-electron chi connectivity index (χ1n) is 27.5. The number of aromatic nitrogens is 14. The smallest absolute Gasteiger partial charge is 0.152 e. The van der Waals surface area contributed by atoms with Gasteiger partial charge in [-0.2, -0.15) is 0 Å². The van der Waals surface area contributed by atoms with Crippen LogP contribution in [0.25, 0.3) is 87.7 Å². The molecule has 0 radical (unpaired) electrons. The van der Waals surface area contributed by atoms with Crippen molar-refractivity contribution in [3.05, 3.63) is 203 Å². The Bertz CT molecular complexity index is 4780. The standard InChI is InChI=1S/C22H18ClN5.C22H17FN4.C21H21N5O/c1-13-12-16(23)22-18(25-13)7-5-14(26-22)6-10-20-27-21-15-4-3-11-24-17(15)8-9-19(21)28(20)2;1-27-19-10-6-14-4-2-3-5-16(14)21(19)26-20(27)11-8-15-7-9-18-22(25-15)17(23)12-13-24-18;1-13-15-9-10-22-12-16(15)24-18(23-13)7-8-19-25-20-17(26(19)2)6-5-14-4-3-11-27-21(14)20/h3-5,7-9,11-12H,6,10H2,1-2H3;2-7,9-10,12-13H,8,11H2,1H3;5-6,9-10,12H,3-4,7-8,11H2,1-2H3. The van der Waals surface area contributed by atoms with Crippen LogP contribution in [0.5, 0.6) is 5.75 Å². The summed E-state index contributed by atoms with van der Waals surface area (Å²) in [6.07, 6.45) is 13.5. The van der Waals surface area contributed by atoms with Crippen molar-refractivity contribution >= 4 is 99.3 Å². The maximum Gasteiger partial charge on any atom is 0.152 e. The molecule has 0 N–H and O–H groups in total. The van der Waals surface area contributed by atoms with E-state index in [1.165, 1.54) is 23.2 Å². The summed E-state index contributed by atoms with van der Waals surface area (Å²) in [7, 11) is 6.16. The SMILES string of the molecule is Cc1cc(Cl)c2nc(CCc3nc4c5cccnc5ccc4n3C)ccc2n1.Cc1nc(CCc2nc3c4c(ccc3n2C)CCCO4)nc2cnccc12.Cn1c(CCc2ccc3nccc(F)c3n2)nc2c3ccccc3ccc21. The molecule has 406 valence electrons. The van der Waals surface area contributed by atoms with Crippen molar-refractivity contribution < 1.29 is 9.13 Å². The summed E-state index contributed by atoms with van der Waals surface area (Å²) < 4.78 is 26.3. The van der Waals surface area contributed by atoms with Crippen LogP contribution in [0.1, 0.15) is 58.1 Å². The van der Waals surface area contributed by atoms with E-state index in [0.29, 0.717) is 22.5 Å². The molecule has 0 amide bonds. The molecular formula is C65H56ClFN14O. The molecule has 0 aliphatic carbocycles. The average molecular weight is 1100 g/mol. The minimum atomic E-state index is -0.337. The Balaban J connectivity index is 0.000000115. The molecule has 4 aromatic carbocycles. The van der Waals surface area contributed by atoms with Gasteiger partial charge in [0.05, 0.1) is 67.5 Å². The van der Waals surface area contributed by atoms with Gasteiger partial charge in [0.1, 0.15) is 45.6 Å². The van der Waals surface area contributed by atoms with Crippen LogP contribution >= 0.6 is 11.6 Å². The summed E-state index contributed by atoms with van der Waals surface area (Å²) in [5.41, 5.74) is 15.7. The number of benzene rings is 4. The van der Waals surface area contributed by atoms with Crippen LogP contribution in [-0.4, -0.2) is 75.1 Å². The maximum atomic E-state index is 14.0. The van der Waals surface area contributed by atoms with E-state index < -0.39 is 0 Å². The van der Waals surface area contributed by atoms with E-state index >= 15 is 0 Å². The van der Waals surface area contributed by atoms with Crippen molar-refractivity contribution in [3.8, 4) is 5.75 Å². The van der Waals surface area contributed by atoms with Gasteiger partial charge >= 0.3 is 0 Å². The number of aryl methyl sites for hydroxylation is 12. The van der Waals surface area contributed by atoms with Gasteiger partial charge in [0, 0.05) is 104 Å². The van der Waals surface area contributed by atoms with Gasteiger partial charge in [-0.1, -0.05) is 48.0 Å². The van der Waals surface area contributed by atoms with E-state index in [2.05, 4.69) is 111 Å². The van der Waals surface area contributed by atoms with Crippen LogP contribution < -0.4 is 4.74 Å². The van der Waals surface area contributed by atoms with Crippen molar-refractivity contribution in [1.82, 2.24) is 68.5 Å². The molecule has 0 saturated carbocycles. The van der Waals surface area contributed by atoms with Crippen molar-refractivity contribution in [3.63, 3.8) is 0 Å². The lowest BCUT2D eigenvalue weighted by Crippen LogP contribution is -2.08. The molecule has 15 rings (SSSR count). The Kier molecular flexibility index (Phi) is 13.9. The number of ether oxygens (including phenoxy) is 1. The number of halogens is 2. The number of fused-ring (bicyclic) bond motifs is 12. The molecule has 0 unspecified atom stereocenters. The first-order valence-corrected chi connectivity index (χ1v) is 27.9. The van der Waals surface area contributed by atoms with E-state index in [1.807, 2.05) is 87.8 Å². The summed E-state index contributed by atoms with van der Waals surface area (Å²) >= 11 is 6.36. The highest BCUT2D eigenvalue weighted by Crippen LogP contribution is 2.34. The Morgan fingerprint density at radius 3 is 1.95 bits per heavy atom. The molecule has 0 saturated heterocycles. The van der Waals surface area contributed by atoms with Gasteiger partial charge in [0.2, 0.25) is 0 Å². The second kappa shape index (κ2) is 21.9. The number of hydrogen-bond acceptors (Lipinski definition) is 12. The predicted molar refractivity (Wildman–Crippen MR) is 322 cm³/mol. The molecule has 0 fully saturated rings. The molecular weight excluding hydrogens is 1050 g/mol. The molecule has 14 aromatic rings. The molecule has 15 nitrogen and oxygen atoms in total. The lowest BCUT2D eigenvalue weighted by atomic mass is 10.1. The molecule has 0 bridgehead atoms. The Morgan fingerprint density at radius 1 is 0.512 bits per heavy atom. The summed E-state index contributed by atoms with van der Waals surface area (Å²) in [5, 5.41) is 5.13. The lowest BCUT2D eigenvalue weighted by Gasteiger charge is -2.17. The fourth-order valence-corrected chi connectivity index (χ4v) is 11.5. The zero-order chi connectivity index (χ0) is 56.0. The monoisotopic (exact) mass is 1100 g/mol. The van der Waals surface area contributed by atoms with Gasteiger partial charge in [-0.15, -0.1) is 0 Å². The predicted octanol–water partition coefficient (Wildman–Crippen LogP) is 12.7. The Morgan fingerprint density at radius 2 is 1.16 bits per heavy atom. The van der Waals surface area contributed by atoms with Gasteiger partial charge in [-0.25, -0.2) is 39.3 Å². The third-order valence-corrected chi connectivity index (χ3v) is 15.8. The van der Waals surface area contributed by atoms with Crippen LogP contribution in [0.3, 0.4) is 0 Å². The molecule has 1 aliphatic rings. The zero-order valence-corrected chi connectivity index (χ0v) is 46.8. The maximum absolute atomic E-state index is 14.0. The van der Waals surface area contributed by atoms with Gasteiger partial charge in [-0.3, -0.25) is 19.9 Å². The highest BCUT2D eigenvalue weighted by Gasteiger charge is 2.20. The quantitative estimate of drug-likeness (QED) is 0.134. The fourth-order valence-electron chi connectivity index (χ4n) is 11.2. The molecule has 1 aliphatic heterocycles. The van der Waals surface area contributed by atoms with Crippen LogP contribution in [0.15, 0.2) is 140 Å². The van der Waals surface area contributed by atoms with Gasteiger partial charge in [0.15, 0.2) is 5.82 Å². The van der Waals surface area contributed by atoms with E-state index in [9.17, 15) is 4.39 Å². The van der Waals surface area contributed by atoms with E-state index in [1.54, 1.807) is 12.4 Å². The first-order chi connectivity index (χ1) is 40.0. The fraction of sp³-hybridized carbons (Fsp3) is 0.215. The average Bonchev–Trinajstić information content (AvgIpc) is 3.84. The summed E-state index contributed by atoms with van der Waals surface area (Å²) in [4.78, 5) is 50.5. The van der Waals surface area contributed by atoms with Crippen molar-refractivity contribution in [2.75, 3.05) is 6.61 Å². The Hall–Kier alpha value is -9.41. The zero-order valence-electron chi connectivity index (χ0n) is 46.1. The largest absolute Gasteiger partial charge is 0.491 e. The third-order valence-electron chi connectivity index (χ3n) is 15.5. The second-order valence-corrected chi connectivity index (χ2v) is 21.2. The molecule has 17 heteroatoms.